The van der Waals surface area contributed by atoms with Gasteiger partial charge in [0.05, 0.1) is 18.8 Å². The summed E-state index contributed by atoms with van der Waals surface area (Å²) in [4.78, 5) is 10.8. The van der Waals surface area contributed by atoms with Crippen LogP contribution < -0.4 is 5.32 Å². The fraction of sp³-hybridized carbons (Fsp3) is 0.875. The third-order valence-corrected chi connectivity index (χ3v) is 1.98. The van der Waals surface area contributed by atoms with Crippen molar-refractivity contribution in [2.75, 3.05) is 20.3 Å². The minimum Gasteiger partial charge on any atom is -0.379 e. The molecule has 0 radical (unpaired) electrons. The number of carbonyl (C=O) groups is 1. The Labute approximate surface area is 72.2 Å². The van der Waals surface area contributed by atoms with Crippen LogP contribution in [0, 0.1) is 0 Å². The van der Waals surface area contributed by atoms with Gasteiger partial charge in [-0.2, -0.15) is 0 Å². The van der Waals surface area contributed by atoms with Gasteiger partial charge in [0.25, 0.3) is 0 Å². The lowest BCUT2D eigenvalue weighted by Gasteiger charge is -2.30. The molecule has 1 aliphatic rings. The molecule has 1 aliphatic heterocycles. The third kappa shape index (κ3) is 2.46. The summed E-state index contributed by atoms with van der Waals surface area (Å²) < 4.78 is 10.4. The zero-order valence-corrected chi connectivity index (χ0v) is 7.50. The Hall–Kier alpha value is -0.610. The predicted octanol–water partition coefficient (Wildman–Crippen LogP) is -0.0736. The van der Waals surface area contributed by atoms with E-state index < -0.39 is 0 Å². The van der Waals surface area contributed by atoms with Crippen molar-refractivity contribution in [3.05, 3.63) is 0 Å². The van der Waals surface area contributed by atoms with Crippen molar-refractivity contribution in [1.82, 2.24) is 5.32 Å². The summed E-state index contributed by atoms with van der Waals surface area (Å²) in [5.41, 5.74) is 0. The van der Waals surface area contributed by atoms with Crippen LogP contribution in [0.1, 0.15) is 13.3 Å². The molecule has 1 rings (SSSR count). The zero-order chi connectivity index (χ0) is 8.97. The molecule has 4 nitrogen and oxygen atoms in total. The van der Waals surface area contributed by atoms with Crippen molar-refractivity contribution in [2.24, 2.45) is 0 Å². The third-order valence-electron chi connectivity index (χ3n) is 1.98. The highest BCUT2D eigenvalue weighted by atomic mass is 16.5. The topological polar surface area (TPSA) is 47.6 Å². The van der Waals surface area contributed by atoms with E-state index in [1.54, 1.807) is 7.11 Å². The van der Waals surface area contributed by atoms with Crippen molar-refractivity contribution in [1.29, 1.82) is 0 Å². The smallest absolute Gasteiger partial charge is 0.217 e. The Kier molecular flexibility index (Phi) is 3.49. The van der Waals surface area contributed by atoms with Gasteiger partial charge in [-0.15, -0.1) is 0 Å². The minimum absolute atomic E-state index is 0.0150. The molecule has 1 heterocycles. The summed E-state index contributed by atoms with van der Waals surface area (Å²) in [5, 5.41) is 2.79. The van der Waals surface area contributed by atoms with Crippen molar-refractivity contribution >= 4 is 5.91 Å². The van der Waals surface area contributed by atoms with Crippen molar-refractivity contribution in [3.8, 4) is 0 Å². The first-order valence-electron chi connectivity index (χ1n) is 4.11. The molecular formula is C8H15NO3. The molecule has 0 aromatic rings. The molecule has 1 saturated heterocycles. The Balaban J connectivity index is 2.41. The summed E-state index contributed by atoms with van der Waals surface area (Å²) in [5.74, 6) is -0.0347. The lowest BCUT2D eigenvalue weighted by Crippen LogP contribution is -2.49. The first-order chi connectivity index (χ1) is 5.74. The molecule has 4 heteroatoms. The standard InChI is InChI=1S/C8H15NO3/c1-6(10)9-7-5-12-4-3-8(7)11-2/h7-8H,3-5H2,1-2H3,(H,9,10)/t7-,8-/m1/s1. The summed E-state index contributed by atoms with van der Waals surface area (Å²) >= 11 is 0. The number of hydrogen-bond donors (Lipinski definition) is 1. The molecule has 12 heavy (non-hydrogen) atoms. The molecule has 0 bridgehead atoms. The second-order valence-electron chi connectivity index (χ2n) is 2.94. The van der Waals surface area contributed by atoms with E-state index in [-0.39, 0.29) is 18.1 Å². The Morgan fingerprint density at radius 3 is 3.00 bits per heavy atom. The predicted molar refractivity (Wildman–Crippen MR) is 43.8 cm³/mol. The van der Waals surface area contributed by atoms with Crippen LogP contribution in [-0.2, 0) is 14.3 Å². The molecule has 70 valence electrons. The van der Waals surface area contributed by atoms with Gasteiger partial charge in [0.2, 0.25) is 5.91 Å². The number of ether oxygens (including phenoxy) is 2. The minimum atomic E-state index is -0.0347. The first-order valence-corrected chi connectivity index (χ1v) is 4.11. The van der Waals surface area contributed by atoms with Gasteiger partial charge in [0.15, 0.2) is 0 Å². The number of rotatable bonds is 2. The maximum Gasteiger partial charge on any atom is 0.217 e. The van der Waals surface area contributed by atoms with Crippen molar-refractivity contribution in [2.45, 2.75) is 25.5 Å². The fourth-order valence-corrected chi connectivity index (χ4v) is 1.40. The van der Waals surface area contributed by atoms with Gasteiger partial charge in [-0.3, -0.25) is 4.79 Å². The molecule has 0 aromatic carbocycles. The molecule has 0 aromatic heterocycles. The van der Waals surface area contributed by atoms with Crippen LogP contribution >= 0.6 is 0 Å². The van der Waals surface area contributed by atoms with E-state index in [4.69, 9.17) is 9.47 Å². The molecule has 1 amide bonds. The SMILES string of the molecule is CO[C@@H]1CCOC[C@H]1NC(C)=O. The molecule has 0 saturated carbocycles. The summed E-state index contributed by atoms with van der Waals surface area (Å²) in [7, 11) is 1.66. The van der Waals surface area contributed by atoms with Gasteiger partial charge < -0.3 is 14.8 Å². The molecule has 0 spiro atoms. The second-order valence-corrected chi connectivity index (χ2v) is 2.94. The van der Waals surface area contributed by atoms with Crippen LogP contribution in [0.25, 0.3) is 0 Å². The van der Waals surface area contributed by atoms with Crippen LogP contribution in [0.2, 0.25) is 0 Å². The van der Waals surface area contributed by atoms with E-state index in [1.807, 2.05) is 0 Å². The van der Waals surface area contributed by atoms with Gasteiger partial charge in [-0.25, -0.2) is 0 Å². The van der Waals surface area contributed by atoms with E-state index in [0.29, 0.717) is 13.2 Å². The lowest BCUT2D eigenvalue weighted by molar-refractivity contribution is -0.123. The highest BCUT2D eigenvalue weighted by molar-refractivity contribution is 5.73. The highest BCUT2D eigenvalue weighted by Crippen LogP contribution is 2.10. The van der Waals surface area contributed by atoms with Crippen LogP contribution in [0.4, 0.5) is 0 Å². The van der Waals surface area contributed by atoms with E-state index >= 15 is 0 Å². The number of methoxy groups -OCH3 is 1. The van der Waals surface area contributed by atoms with Crippen LogP contribution in [-0.4, -0.2) is 38.4 Å². The lowest BCUT2D eigenvalue weighted by atomic mass is 10.1. The number of amides is 1. The fourth-order valence-electron chi connectivity index (χ4n) is 1.40. The summed E-state index contributed by atoms with van der Waals surface area (Å²) in [6, 6.07) is 0.0150. The number of carbonyl (C=O) groups excluding carboxylic acids is 1. The zero-order valence-electron chi connectivity index (χ0n) is 7.50. The molecular weight excluding hydrogens is 158 g/mol. The quantitative estimate of drug-likeness (QED) is 0.635. The normalized spacial score (nSPS) is 29.8. The van der Waals surface area contributed by atoms with Gasteiger partial charge in [0.1, 0.15) is 0 Å². The molecule has 0 aliphatic carbocycles. The summed E-state index contributed by atoms with van der Waals surface area (Å²) in [6.45, 7) is 2.77. The maximum absolute atomic E-state index is 10.8. The first kappa shape index (κ1) is 9.48. The highest BCUT2D eigenvalue weighted by Gasteiger charge is 2.25. The molecule has 0 unspecified atom stereocenters. The molecule has 2 atom stereocenters. The van der Waals surface area contributed by atoms with Crippen molar-refractivity contribution in [3.63, 3.8) is 0 Å². The van der Waals surface area contributed by atoms with Crippen molar-refractivity contribution < 1.29 is 14.3 Å². The molecule has 1 fully saturated rings. The Morgan fingerprint density at radius 1 is 1.67 bits per heavy atom. The van der Waals surface area contributed by atoms with Gasteiger partial charge >= 0.3 is 0 Å². The second kappa shape index (κ2) is 4.42. The van der Waals surface area contributed by atoms with Crippen LogP contribution in [0.3, 0.4) is 0 Å². The van der Waals surface area contributed by atoms with Crippen LogP contribution in [0.5, 0.6) is 0 Å². The van der Waals surface area contributed by atoms with E-state index in [0.717, 1.165) is 6.42 Å². The van der Waals surface area contributed by atoms with Gasteiger partial charge in [0, 0.05) is 20.6 Å². The number of nitrogens with one attached hydrogen (secondary N) is 1. The van der Waals surface area contributed by atoms with E-state index in [9.17, 15) is 4.79 Å². The van der Waals surface area contributed by atoms with E-state index in [2.05, 4.69) is 5.32 Å². The molecule has 1 N–H and O–H groups in total. The largest absolute Gasteiger partial charge is 0.379 e. The van der Waals surface area contributed by atoms with Gasteiger partial charge in [-0.05, 0) is 6.42 Å². The summed E-state index contributed by atoms with van der Waals surface area (Å²) in [6.07, 6.45) is 0.948. The van der Waals surface area contributed by atoms with Gasteiger partial charge in [-0.1, -0.05) is 0 Å². The average Bonchev–Trinajstić information content (AvgIpc) is 2.04. The Morgan fingerprint density at radius 2 is 2.42 bits per heavy atom. The average molecular weight is 173 g/mol. The number of hydrogen-bond acceptors (Lipinski definition) is 3. The maximum atomic E-state index is 10.8. The monoisotopic (exact) mass is 173 g/mol. The Bertz CT molecular complexity index is 160. The van der Waals surface area contributed by atoms with E-state index in [1.165, 1.54) is 6.92 Å². The van der Waals surface area contributed by atoms with Crippen LogP contribution in [0.15, 0.2) is 0 Å².